The molecule has 2 amide bonds. The Hall–Kier alpha value is -1.43. The van der Waals surface area contributed by atoms with E-state index >= 15 is 0 Å². The number of hydrogen-bond acceptors (Lipinski definition) is 4. The molecule has 2 saturated carbocycles. The van der Waals surface area contributed by atoms with Gasteiger partial charge in [0.15, 0.2) is 0 Å². The van der Waals surface area contributed by atoms with E-state index in [9.17, 15) is 14.4 Å². The summed E-state index contributed by atoms with van der Waals surface area (Å²) in [6.07, 6.45) is 2.59. The van der Waals surface area contributed by atoms with Crippen LogP contribution in [0.3, 0.4) is 0 Å². The maximum atomic E-state index is 13.2. The first kappa shape index (κ1) is 17.4. The largest absolute Gasteiger partial charge is 0.384 e. The van der Waals surface area contributed by atoms with Gasteiger partial charge in [-0.3, -0.25) is 14.4 Å². The van der Waals surface area contributed by atoms with Crippen molar-refractivity contribution in [3.05, 3.63) is 0 Å². The number of rotatable bonds is 4. The third kappa shape index (κ3) is 2.38. The summed E-state index contributed by atoms with van der Waals surface area (Å²) in [5, 5.41) is 0. The van der Waals surface area contributed by atoms with Crippen LogP contribution in [0.5, 0.6) is 0 Å². The number of piperazine rings is 1. The van der Waals surface area contributed by atoms with Crippen LogP contribution >= 0.6 is 0 Å². The average molecular weight is 336 g/mol. The zero-order valence-corrected chi connectivity index (χ0v) is 15.0. The van der Waals surface area contributed by atoms with E-state index in [1.54, 1.807) is 12.0 Å². The molecule has 0 N–H and O–H groups in total. The van der Waals surface area contributed by atoms with E-state index in [-0.39, 0.29) is 23.0 Å². The van der Waals surface area contributed by atoms with Crippen molar-refractivity contribution in [1.82, 2.24) is 9.80 Å². The van der Waals surface area contributed by atoms with Crippen molar-refractivity contribution in [2.75, 3.05) is 39.9 Å². The summed E-state index contributed by atoms with van der Waals surface area (Å²) in [5.41, 5.74) is -1.06. The topological polar surface area (TPSA) is 66.9 Å². The summed E-state index contributed by atoms with van der Waals surface area (Å²) in [7, 11) is 1.58. The lowest BCUT2D eigenvalue weighted by Crippen LogP contribution is -2.57. The van der Waals surface area contributed by atoms with E-state index in [0.29, 0.717) is 58.0 Å². The molecule has 3 fully saturated rings. The van der Waals surface area contributed by atoms with Gasteiger partial charge >= 0.3 is 0 Å². The Morgan fingerprint density at radius 3 is 2.29 bits per heavy atom. The molecule has 3 aliphatic rings. The normalized spacial score (nSPS) is 31.6. The molecule has 0 radical (unpaired) electrons. The molecular weight excluding hydrogens is 308 g/mol. The first-order valence-corrected chi connectivity index (χ1v) is 8.94. The fraction of sp³-hybridized carbons (Fsp3) is 0.833. The lowest BCUT2D eigenvalue weighted by Gasteiger charge is -2.42. The second-order valence-corrected chi connectivity index (χ2v) is 7.91. The highest BCUT2D eigenvalue weighted by molar-refractivity contribution is 6.09. The van der Waals surface area contributed by atoms with Crippen LogP contribution < -0.4 is 0 Å². The summed E-state index contributed by atoms with van der Waals surface area (Å²) in [4.78, 5) is 41.5. The second kappa shape index (κ2) is 6.14. The van der Waals surface area contributed by atoms with E-state index in [0.717, 1.165) is 6.42 Å². The Morgan fingerprint density at radius 1 is 1.17 bits per heavy atom. The van der Waals surface area contributed by atoms with Gasteiger partial charge < -0.3 is 14.5 Å². The molecule has 0 aromatic carbocycles. The summed E-state index contributed by atoms with van der Waals surface area (Å²) in [6.45, 7) is 6.71. The van der Waals surface area contributed by atoms with Gasteiger partial charge in [0.25, 0.3) is 0 Å². The Kier molecular flexibility index (Phi) is 4.45. The fourth-order valence-electron chi connectivity index (χ4n) is 4.95. The molecule has 2 unspecified atom stereocenters. The van der Waals surface area contributed by atoms with Gasteiger partial charge in [-0.2, -0.15) is 0 Å². The van der Waals surface area contributed by atoms with Gasteiger partial charge in [-0.15, -0.1) is 0 Å². The zero-order valence-electron chi connectivity index (χ0n) is 15.0. The quantitative estimate of drug-likeness (QED) is 0.721. The van der Waals surface area contributed by atoms with Crippen LogP contribution in [0.15, 0.2) is 0 Å². The lowest BCUT2D eigenvalue weighted by molar-refractivity contribution is -0.156. The number of carbonyl (C=O) groups is 3. The molecule has 0 spiro atoms. The third-order valence-electron chi connectivity index (χ3n) is 6.70. The number of carbonyl (C=O) groups excluding carboxylic acids is 3. The minimum Gasteiger partial charge on any atom is -0.384 e. The predicted molar refractivity (Wildman–Crippen MR) is 88.2 cm³/mol. The number of hydrogen-bond donors (Lipinski definition) is 0. The molecule has 2 aliphatic carbocycles. The minimum absolute atomic E-state index is 0.00138. The predicted octanol–water partition coefficient (Wildman–Crippen LogP) is 1.09. The molecule has 134 valence electrons. The molecule has 0 aromatic heterocycles. The van der Waals surface area contributed by atoms with E-state index in [1.165, 1.54) is 0 Å². The van der Waals surface area contributed by atoms with Crippen LogP contribution in [-0.2, 0) is 19.1 Å². The van der Waals surface area contributed by atoms with E-state index < -0.39 is 5.41 Å². The van der Waals surface area contributed by atoms with E-state index in [4.69, 9.17) is 4.74 Å². The Morgan fingerprint density at radius 2 is 1.79 bits per heavy atom. The van der Waals surface area contributed by atoms with Crippen molar-refractivity contribution in [2.45, 2.75) is 39.5 Å². The minimum atomic E-state index is -0.820. The zero-order chi connectivity index (χ0) is 17.5. The Bertz CT molecular complexity index is 551. The molecular formula is C18H28N2O4. The van der Waals surface area contributed by atoms with Crippen molar-refractivity contribution >= 4 is 17.6 Å². The van der Waals surface area contributed by atoms with E-state index in [2.05, 4.69) is 13.8 Å². The highest BCUT2D eigenvalue weighted by Crippen LogP contribution is 2.64. The number of amides is 2. The van der Waals surface area contributed by atoms with Crippen molar-refractivity contribution in [2.24, 2.45) is 16.7 Å². The number of ketones is 1. The van der Waals surface area contributed by atoms with Crippen LogP contribution in [-0.4, -0.2) is 67.3 Å². The maximum absolute atomic E-state index is 13.2. The SMILES string of the molecule is COCCC(=O)N1CCN(C(=O)C23CCC(CC2=O)C3(C)C)CC1. The van der Waals surface area contributed by atoms with Crippen molar-refractivity contribution < 1.29 is 19.1 Å². The molecule has 3 rings (SSSR count). The van der Waals surface area contributed by atoms with Crippen molar-refractivity contribution in [3.8, 4) is 0 Å². The number of Topliss-reactive ketones (excluding diaryl/α,β-unsaturated/α-hetero) is 1. The third-order valence-corrected chi connectivity index (χ3v) is 6.70. The highest BCUT2D eigenvalue weighted by atomic mass is 16.5. The Balaban J connectivity index is 1.66. The van der Waals surface area contributed by atoms with Gasteiger partial charge in [-0.05, 0) is 24.2 Å². The maximum Gasteiger partial charge on any atom is 0.236 e. The van der Waals surface area contributed by atoms with Gasteiger partial charge in [0.2, 0.25) is 11.8 Å². The highest BCUT2D eigenvalue weighted by Gasteiger charge is 2.68. The second-order valence-electron chi connectivity index (χ2n) is 7.91. The average Bonchev–Trinajstić information content (AvgIpc) is 2.94. The van der Waals surface area contributed by atoms with Crippen molar-refractivity contribution in [1.29, 1.82) is 0 Å². The van der Waals surface area contributed by atoms with Gasteiger partial charge in [0.1, 0.15) is 11.2 Å². The monoisotopic (exact) mass is 336 g/mol. The molecule has 6 nitrogen and oxygen atoms in total. The molecule has 24 heavy (non-hydrogen) atoms. The van der Waals surface area contributed by atoms with Gasteiger partial charge in [0, 0.05) is 39.7 Å². The number of fused-ring (bicyclic) bond motifs is 2. The van der Waals surface area contributed by atoms with E-state index in [1.807, 2.05) is 4.90 Å². The molecule has 0 aromatic rings. The molecule has 1 aliphatic heterocycles. The van der Waals surface area contributed by atoms with Crippen LogP contribution in [0.2, 0.25) is 0 Å². The van der Waals surface area contributed by atoms with Crippen molar-refractivity contribution in [3.63, 3.8) is 0 Å². The summed E-state index contributed by atoms with van der Waals surface area (Å²) in [5.74, 6) is 0.542. The molecule has 6 heteroatoms. The number of nitrogens with zero attached hydrogens (tertiary/aromatic N) is 2. The number of ether oxygens (including phenoxy) is 1. The smallest absolute Gasteiger partial charge is 0.236 e. The van der Waals surface area contributed by atoms with Gasteiger partial charge in [0.05, 0.1) is 13.0 Å². The van der Waals surface area contributed by atoms with Crippen LogP contribution in [0.1, 0.15) is 39.5 Å². The summed E-state index contributed by atoms with van der Waals surface area (Å²) in [6, 6.07) is 0. The van der Waals surface area contributed by atoms with Crippen LogP contribution in [0, 0.1) is 16.7 Å². The molecule has 1 heterocycles. The Labute approximate surface area is 143 Å². The first-order chi connectivity index (χ1) is 11.3. The fourth-order valence-corrected chi connectivity index (χ4v) is 4.95. The van der Waals surface area contributed by atoms with Crippen LogP contribution in [0.4, 0.5) is 0 Å². The van der Waals surface area contributed by atoms with Gasteiger partial charge in [-0.25, -0.2) is 0 Å². The van der Waals surface area contributed by atoms with Crippen LogP contribution in [0.25, 0.3) is 0 Å². The molecule has 1 saturated heterocycles. The summed E-state index contributed by atoms with van der Waals surface area (Å²) < 4.78 is 4.95. The molecule has 2 atom stereocenters. The lowest BCUT2D eigenvalue weighted by atomic mass is 9.68. The standard InChI is InChI=1S/C18H28N2O4/c1-17(2)13-4-6-18(17,14(21)12-13)16(23)20-9-7-19(8-10-20)15(22)5-11-24-3/h13H,4-12H2,1-3H3. The first-order valence-electron chi connectivity index (χ1n) is 8.94. The summed E-state index contributed by atoms with van der Waals surface area (Å²) >= 11 is 0. The number of methoxy groups -OCH3 is 1. The molecule has 2 bridgehead atoms. The van der Waals surface area contributed by atoms with Gasteiger partial charge in [-0.1, -0.05) is 13.8 Å².